The fourth-order valence-corrected chi connectivity index (χ4v) is 2.59. The zero-order valence-electron chi connectivity index (χ0n) is 10.6. The summed E-state index contributed by atoms with van der Waals surface area (Å²) >= 11 is 1.72. The highest BCUT2D eigenvalue weighted by molar-refractivity contribution is 7.98. The minimum Gasteiger partial charge on any atom is -0.354 e. The second-order valence-electron chi connectivity index (χ2n) is 4.33. The third-order valence-corrected chi connectivity index (χ3v) is 4.09. The molecule has 0 heterocycles. The van der Waals surface area contributed by atoms with Crippen LogP contribution in [0.4, 0.5) is 0 Å². The molecule has 0 rings (SSSR count). The van der Waals surface area contributed by atoms with Crippen molar-refractivity contribution in [1.82, 2.24) is 5.32 Å². The molecule has 0 aliphatic rings. The maximum atomic E-state index is 11.5. The van der Waals surface area contributed by atoms with Crippen molar-refractivity contribution in [2.75, 3.05) is 30.6 Å². The van der Waals surface area contributed by atoms with Crippen molar-refractivity contribution in [2.24, 2.45) is 11.7 Å². The number of thioether (sulfide) groups is 1. The predicted octanol–water partition coefficient (Wildman–Crippen LogP) is -0.136. The number of carbonyl (C=O) groups is 1. The molecule has 0 aromatic rings. The maximum Gasteiger partial charge on any atom is 0.236 e. The van der Waals surface area contributed by atoms with Crippen LogP contribution in [0, 0.1) is 5.92 Å². The van der Waals surface area contributed by atoms with Crippen molar-refractivity contribution in [1.29, 1.82) is 0 Å². The number of nitrogens with one attached hydrogen (secondary N) is 1. The van der Waals surface area contributed by atoms with Crippen molar-refractivity contribution in [3.8, 4) is 0 Å². The molecular weight excluding hydrogens is 260 g/mol. The predicted molar refractivity (Wildman–Crippen MR) is 72.9 cm³/mol. The van der Waals surface area contributed by atoms with Gasteiger partial charge in [-0.3, -0.25) is 4.79 Å². The zero-order valence-corrected chi connectivity index (χ0v) is 12.2. The lowest BCUT2D eigenvalue weighted by Crippen LogP contribution is -2.43. The lowest BCUT2D eigenvalue weighted by molar-refractivity contribution is -0.122. The minimum absolute atomic E-state index is 0.0536. The van der Waals surface area contributed by atoms with Crippen LogP contribution < -0.4 is 11.1 Å². The molecule has 0 aromatic heterocycles. The molecule has 102 valence electrons. The van der Waals surface area contributed by atoms with Crippen molar-refractivity contribution in [2.45, 2.75) is 19.4 Å². The molecule has 0 saturated carbocycles. The molecule has 0 spiro atoms. The topological polar surface area (TPSA) is 89.3 Å². The molecule has 3 N–H and O–H groups in total. The molecule has 0 aliphatic heterocycles. The molecule has 17 heavy (non-hydrogen) atoms. The van der Waals surface area contributed by atoms with E-state index in [0.717, 1.165) is 12.0 Å². The van der Waals surface area contributed by atoms with Gasteiger partial charge in [-0.05, 0) is 24.3 Å². The normalized spacial score (nSPS) is 15.3. The van der Waals surface area contributed by atoms with Gasteiger partial charge in [-0.25, -0.2) is 8.42 Å². The third kappa shape index (κ3) is 9.43. The van der Waals surface area contributed by atoms with Crippen molar-refractivity contribution in [3.05, 3.63) is 0 Å². The van der Waals surface area contributed by atoms with Gasteiger partial charge < -0.3 is 11.1 Å². The Kier molecular flexibility index (Phi) is 7.82. The van der Waals surface area contributed by atoms with Crippen LogP contribution in [0.15, 0.2) is 0 Å². The first-order chi connectivity index (χ1) is 7.76. The average Bonchev–Trinajstić information content (AvgIpc) is 2.22. The van der Waals surface area contributed by atoms with Gasteiger partial charge in [0.1, 0.15) is 9.84 Å². The molecule has 2 unspecified atom stereocenters. The highest BCUT2D eigenvalue weighted by atomic mass is 32.2. The number of amides is 1. The molecule has 0 bridgehead atoms. The lowest BCUT2D eigenvalue weighted by Gasteiger charge is -2.14. The summed E-state index contributed by atoms with van der Waals surface area (Å²) in [6, 6.07) is -0.744. The third-order valence-electron chi connectivity index (χ3n) is 2.21. The van der Waals surface area contributed by atoms with E-state index in [1.807, 2.05) is 13.2 Å². The largest absolute Gasteiger partial charge is 0.354 e. The Morgan fingerprint density at radius 3 is 2.53 bits per heavy atom. The molecule has 0 aromatic carbocycles. The van der Waals surface area contributed by atoms with Crippen LogP contribution in [0.3, 0.4) is 0 Å². The first kappa shape index (κ1) is 16.7. The summed E-state index contributed by atoms with van der Waals surface area (Å²) in [5, 5.41) is 2.73. The monoisotopic (exact) mass is 282 g/mol. The molecule has 0 aliphatic carbocycles. The molecule has 5 nitrogen and oxygen atoms in total. The van der Waals surface area contributed by atoms with E-state index in [2.05, 4.69) is 5.32 Å². The highest BCUT2D eigenvalue weighted by Gasteiger charge is 2.16. The number of hydrogen-bond donors (Lipinski definition) is 2. The Morgan fingerprint density at radius 1 is 1.47 bits per heavy atom. The molecule has 2 atom stereocenters. The quantitative estimate of drug-likeness (QED) is 0.647. The van der Waals surface area contributed by atoms with Crippen molar-refractivity contribution >= 4 is 27.5 Å². The van der Waals surface area contributed by atoms with Gasteiger partial charge in [-0.2, -0.15) is 11.8 Å². The van der Waals surface area contributed by atoms with Crippen molar-refractivity contribution in [3.63, 3.8) is 0 Å². The van der Waals surface area contributed by atoms with Gasteiger partial charge in [0.25, 0.3) is 0 Å². The van der Waals surface area contributed by atoms with E-state index in [9.17, 15) is 13.2 Å². The van der Waals surface area contributed by atoms with Crippen LogP contribution in [0.1, 0.15) is 13.3 Å². The van der Waals surface area contributed by atoms with Gasteiger partial charge in [0.2, 0.25) is 5.91 Å². The molecule has 0 saturated heterocycles. The number of carbonyl (C=O) groups excluding carboxylic acids is 1. The van der Waals surface area contributed by atoms with E-state index < -0.39 is 15.9 Å². The van der Waals surface area contributed by atoms with Gasteiger partial charge in [0, 0.05) is 12.8 Å². The van der Waals surface area contributed by atoms with Crippen LogP contribution in [0.2, 0.25) is 0 Å². The Bertz CT molecular complexity index is 330. The Labute approximate surface area is 108 Å². The zero-order chi connectivity index (χ0) is 13.5. The lowest BCUT2D eigenvalue weighted by atomic mass is 10.2. The summed E-state index contributed by atoms with van der Waals surface area (Å²) in [5.41, 5.74) is 5.60. The maximum absolute atomic E-state index is 11.5. The summed E-state index contributed by atoms with van der Waals surface area (Å²) in [7, 11) is -3.06. The number of sulfone groups is 1. The summed E-state index contributed by atoms with van der Waals surface area (Å²) in [4.78, 5) is 11.5. The molecule has 0 fully saturated rings. The number of nitrogens with two attached hydrogens (primary N) is 1. The Hall–Kier alpha value is -0.270. The van der Waals surface area contributed by atoms with Gasteiger partial charge in [-0.15, -0.1) is 0 Å². The van der Waals surface area contributed by atoms with Gasteiger partial charge in [0.05, 0.1) is 11.8 Å². The van der Waals surface area contributed by atoms with E-state index in [4.69, 9.17) is 5.73 Å². The van der Waals surface area contributed by atoms with E-state index in [0.29, 0.717) is 12.5 Å². The van der Waals surface area contributed by atoms with Gasteiger partial charge >= 0.3 is 0 Å². The minimum atomic E-state index is -3.06. The summed E-state index contributed by atoms with van der Waals surface area (Å²) in [5.74, 6) is 1.03. The first-order valence-corrected chi connectivity index (χ1v) is 8.91. The van der Waals surface area contributed by atoms with E-state index in [1.54, 1.807) is 11.8 Å². The molecule has 0 radical (unpaired) electrons. The SMILES string of the molecule is CSCC(C)CNC(=O)C(N)CCS(C)(=O)=O. The summed E-state index contributed by atoms with van der Waals surface area (Å²) in [6.07, 6.45) is 3.32. The molecule has 1 amide bonds. The smallest absolute Gasteiger partial charge is 0.236 e. The van der Waals surface area contributed by atoms with Crippen LogP contribution >= 0.6 is 11.8 Å². The standard InChI is InChI=1S/C10H22N2O3S2/c1-8(7-16-2)6-12-10(13)9(11)4-5-17(3,14)15/h8-9H,4-7,11H2,1-3H3,(H,12,13). The number of hydrogen-bond acceptors (Lipinski definition) is 5. The van der Waals surface area contributed by atoms with Gasteiger partial charge in [-0.1, -0.05) is 6.92 Å². The summed E-state index contributed by atoms with van der Waals surface area (Å²) < 4.78 is 21.8. The van der Waals surface area contributed by atoms with E-state index >= 15 is 0 Å². The van der Waals surface area contributed by atoms with Crippen LogP contribution in [-0.4, -0.2) is 50.9 Å². The second-order valence-corrected chi connectivity index (χ2v) is 7.50. The molecular formula is C10H22N2O3S2. The van der Waals surface area contributed by atoms with E-state index in [1.165, 1.54) is 0 Å². The fraction of sp³-hybridized carbons (Fsp3) is 0.900. The van der Waals surface area contributed by atoms with Gasteiger partial charge in [0.15, 0.2) is 0 Å². The first-order valence-electron chi connectivity index (χ1n) is 5.46. The Morgan fingerprint density at radius 2 is 2.06 bits per heavy atom. The highest BCUT2D eigenvalue weighted by Crippen LogP contribution is 2.03. The van der Waals surface area contributed by atoms with E-state index in [-0.39, 0.29) is 18.1 Å². The molecule has 7 heteroatoms. The second kappa shape index (κ2) is 7.94. The van der Waals surface area contributed by atoms with Crippen LogP contribution in [0.25, 0.3) is 0 Å². The Balaban J connectivity index is 3.90. The fourth-order valence-electron chi connectivity index (χ4n) is 1.22. The van der Waals surface area contributed by atoms with Crippen LogP contribution in [-0.2, 0) is 14.6 Å². The van der Waals surface area contributed by atoms with Crippen LogP contribution in [0.5, 0.6) is 0 Å². The number of rotatable bonds is 8. The average molecular weight is 282 g/mol. The summed E-state index contributed by atoms with van der Waals surface area (Å²) in [6.45, 7) is 2.62. The van der Waals surface area contributed by atoms with Crippen molar-refractivity contribution < 1.29 is 13.2 Å².